The van der Waals surface area contributed by atoms with Gasteiger partial charge in [0, 0.05) is 12.0 Å². The topological polar surface area (TPSA) is 65.1 Å². The van der Waals surface area contributed by atoms with Crippen molar-refractivity contribution in [2.45, 2.75) is 44.2 Å². The molecule has 2 aliphatic rings. The lowest BCUT2D eigenvalue weighted by Gasteiger charge is -2.36. The van der Waals surface area contributed by atoms with Gasteiger partial charge in [0.2, 0.25) is 0 Å². The molecular weight excluding hydrogens is 382 g/mol. The van der Waals surface area contributed by atoms with Crippen molar-refractivity contribution in [1.29, 1.82) is 0 Å². The Labute approximate surface area is 176 Å². The van der Waals surface area contributed by atoms with Gasteiger partial charge in [-0.3, -0.25) is 14.5 Å². The highest BCUT2D eigenvalue weighted by atomic mass is 16.5. The summed E-state index contributed by atoms with van der Waals surface area (Å²) < 4.78 is 16.7. The monoisotopic (exact) mass is 409 g/mol. The van der Waals surface area contributed by atoms with Crippen LogP contribution in [0.1, 0.15) is 24.0 Å². The quantitative estimate of drug-likeness (QED) is 0.625. The molecule has 0 aromatic heterocycles. The van der Waals surface area contributed by atoms with Crippen molar-refractivity contribution in [2.24, 2.45) is 5.92 Å². The van der Waals surface area contributed by atoms with Crippen molar-refractivity contribution in [3.05, 3.63) is 71.8 Å². The Kier molecular flexibility index (Phi) is 6.45. The van der Waals surface area contributed by atoms with E-state index in [1.165, 1.54) is 7.11 Å². The first kappa shape index (κ1) is 20.6. The van der Waals surface area contributed by atoms with E-state index in [1.54, 1.807) is 0 Å². The van der Waals surface area contributed by atoms with Gasteiger partial charge in [-0.2, -0.15) is 0 Å². The lowest BCUT2D eigenvalue weighted by atomic mass is 9.78. The van der Waals surface area contributed by atoms with Gasteiger partial charge in [-0.15, -0.1) is 0 Å². The number of fused-ring (bicyclic) bond motifs is 1. The zero-order valence-electron chi connectivity index (χ0n) is 17.1. The Morgan fingerprint density at radius 3 is 2.13 bits per heavy atom. The summed E-state index contributed by atoms with van der Waals surface area (Å²) in [6.45, 7) is 0.700. The first-order valence-electron chi connectivity index (χ1n) is 10.4. The molecular formula is C24H27NO5. The zero-order valence-corrected chi connectivity index (χ0v) is 17.1. The standard InChI is InChI=1S/C24H27NO5/c1-28-24(27)22-23(30-16-18-10-6-3-7-11-18)19-12-13-20(19)25(22)14-21(26)29-15-17-8-4-2-5-9-17/h2-11,19-20,22-23H,12-16H2,1H3/t19-,20+,22?,23?/m0/s1. The van der Waals surface area contributed by atoms with Crippen LogP contribution in [0, 0.1) is 5.92 Å². The molecule has 1 aliphatic heterocycles. The Bertz CT molecular complexity index is 856. The average Bonchev–Trinajstić information content (AvgIpc) is 2.96. The normalized spacial score (nSPS) is 25.2. The minimum Gasteiger partial charge on any atom is -0.468 e. The molecule has 1 saturated carbocycles. The van der Waals surface area contributed by atoms with Gasteiger partial charge in [-0.25, -0.2) is 0 Å². The van der Waals surface area contributed by atoms with Gasteiger partial charge in [-0.05, 0) is 24.0 Å². The van der Waals surface area contributed by atoms with Crippen LogP contribution in [0.15, 0.2) is 60.7 Å². The fourth-order valence-electron chi connectivity index (χ4n) is 4.45. The summed E-state index contributed by atoms with van der Waals surface area (Å²) in [6.07, 6.45) is 1.63. The van der Waals surface area contributed by atoms with E-state index >= 15 is 0 Å². The Balaban J connectivity index is 1.42. The van der Waals surface area contributed by atoms with Gasteiger partial charge in [-0.1, -0.05) is 60.7 Å². The second-order valence-electron chi connectivity index (χ2n) is 7.86. The highest BCUT2D eigenvalue weighted by Gasteiger charge is 2.57. The Hall–Kier alpha value is -2.70. The molecule has 1 heterocycles. The Morgan fingerprint density at radius 2 is 1.57 bits per heavy atom. The van der Waals surface area contributed by atoms with E-state index in [9.17, 15) is 9.59 Å². The molecule has 0 amide bonds. The summed E-state index contributed by atoms with van der Waals surface area (Å²) in [6, 6.07) is 19.0. The number of hydrogen-bond acceptors (Lipinski definition) is 6. The summed E-state index contributed by atoms with van der Waals surface area (Å²) >= 11 is 0. The van der Waals surface area contributed by atoms with Crippen molar-refractivity contribution in [3.8, 4) is 0 Å². The minimum absolute atomic E-state index is 0.0545. The van der Waals surface area contributed by atoms with Crippen LogP contribution in [-0.4, -0.2) is 48.7 Å². The summed E-state index contributed by atoms with van der Waals surface area (Å²) in [7, 11) is 1.38. The number of esters is 2. The van der Waals surface area contributed by atoms with Crippen LogP contribution in [0.25, 0.3) is 0 Å². The largest absolute Gasteiger partial charge is 0.468 e. The predicted octanol–water partition coefficient (Wildman–Crippen LogP) is 2.95. The fourth-order valence-corrected chi connectivity index (χ4v) is 4.45. The van der Waals surface area contributed by atoms with Crippen molar-refractivity contribution in [1.82, 2.24) is 4.90 Å². The summed E-state index contributed by atoms with van der Waals surface area (Å²) in [4.78, 5) is 27.1. The molecule has 2 aromatic rings. The molecule has 158 valence electrons. The van der Waals surface area contributed by atoms with Crippen molar-refractivity contribution >= 4 is 11.9 Å². The molecule has 4 atom stereocenters. The van der Waals surface area contributed by atoms with E-state index in [0.29, 0.717) is 6.61 Å². The maximum Gasteiger partial charge on any atom is 0.325 e. The van der Waals surface area contributed by atoms with Gasteiger partial charge in [0.25, 0.3) is 0 Å². The first-order valence-corrected chi connectivity index (χ1v) is 10.4. The van der Waals surface area contributed by atoms with Gasteiger partial charge in [0.1, 0.15) is 12.6 Å². The van der Waals surface area contributed by atoms with E-state index in [2.05, 4.69) is 0 Å². The van der Waals surface area contributed by atoms with Crippen LogP contribution in [-0.2, 0) is 37.0 Å². The average molecular weight is 409 g/mol. The molecule has 6 heteroatoms. The molecule has 2 fully saturated rings. The zero-order chi connectivity index (χ0) is 20.9. The maximum absolute atomic E-state index is 12.6. The SMILES string of the molecule is COC(=O)C1C(OCc2ccccc2)[C@H]2CC[C@H]2N1CC(=O)OCc1ccccc1. The number of benzene rings is 2. The number of carbonyl (C=O) groups excluding carboxylic acids is 2. The second-order valence-corrected chi connectivity index (χ2v) is 7.86. The number of methoxy groups -OCH3 is 1. The number of hydrogen-bond donors (Lipinski definition) is 0. The molecule has 2 aromatic carbocycles. The minimum atomic E-state index is -0.597. The molecule has 6 nitrogen and oxygen atoms in total. The third-order valence-corrected chi connectivity index (χ3v) is 6.09. The van der Waals surface area contributed by atoms with Gasteiger partial charge >= 0.3 is 11.9 Å². The lowest BCUT2D eigenvalue weighted by molar-refractivity contribution is -0.154. The highest BCUT2D eigenvalue weighted by molar-refractivity contribution is 5.79. The molecule has 30 heavy (non-hydrogen) atoms. The van der Waals surface area contributed by atoms with E-state index in [0.717, 1.165) is 24.0 Å². The van der Waals surface area contributed by atoms with Gasteiger partial charge in [0.05, 0.1) is 26.4 Å². The van der Waals surface area contributed by atoms with E-state index < -0.39 is 6.04 Å². The van der Waals surface area contributed by atoms with Crippen LogP contribution < -0.4 is 0 Å². The second kappa shape index (κ2) is 9.41. The van der Waals surface area contributed by atoms with Crippen molar-refractivity contribution in [2.75, 3.05) is 13.7 Å². The molecule has 0 bridgehead atoms. The summed E-state index contributed by atoms with van der Waals surface area (Å²) in [5.41, 5.74) is 1.99. The van der Waals surface area contributed by atoms with Crippen LogP contribution in [0.3, 0.4) is 0 Å². The number of likely N-dealkylation sites (tertiary alicyclic amines) is 1. The van der Waals surface area contributed by atoms with Gasteiger partial charge < -0.3 is 14.2 Å². The molecule has 1 aliphatic carbocycles. The third-order valence-electron chi connectivity index (χ3n) is 6.09. The van der Waals surface area contributed by atoms with Crippen LogP contribution in [0.4, 0.5) is 0 Å². The molecule has 4 rings (SSSR count). The van der Waals surface area contributed by atoms with Crippen molar-refractivity contribution < 1.29 is 23.8 Å². The van der Waals surface area contributed by atoms with Crippen LogP contribution in [0.5, 0.6) is 0 Å². The Morgan fingerprint density at radius 1 is 0.933 bits per heavy atom. The van der Waals surface area contributed by atoms with Crippen molar-refractivity contribution in [3.63, 3.8) is 0 Å². The molecule has 2 unspecified atom stereocenters. The lowest BCUT2D eigenvalue weighted by Crippen LogP contribution is -2.48. The molecule has 0 N–H and O–H groups in total. The smallest absolute Gasteiger partial charge is 0.325 e. The molecule has 0 radical (unpaired) electrons. The number of carbonyl (C=O) groups is 2. The van der Waals surface area contributed by atoms with Gasteiger partial charge in [0.15, 0.2) is 0 Å². The summed E-state index contributed by atoms with van der Waals surface area (Å²) in [5.74, 6) is -0.486. The highest BCUT2D eigenvalue weighted by Crippen LogP contribution is 2.45. The molecule has 0 spiro atoms. The van der Waals surface area contributed by atoms with E-state index in [4.69, 9.17) is 14.2 Å². The maximum atomic E-state index is 12.6. The van der Waals surface area contributed by atoms with E-state index in [-0.39, 0.29) is 43.2 Å². The predicted molar refractivity (Wildman–Crippen MR) is 110 cm³/mol. The van der Waals surface area contributed by atoms with Crippen LogP contribution in [0.2, 0.25) is 0 Å². The summed E-state index contributed by atoms with van der Waals surface area (Å²) in [5, 5.41) is 0. The third kappa shape index (κ3) is 4.40. The number of rotatable bonds is 8. The van der Waals surface area contributed by atoms with E-state index in [1.807, 2.05) is 65.6 Å². The fraction of sp³-hybridized carbons (Fsp3) is 0.417. The molecule has 1 saturated heterocycles. The first-order chi connectivity index (χ1) is 14.7. The number of nitrogens with zero attached hydrogens (tertiary/aromatic N) is 1. The van der Waals surface area contributed by atoms with Crippen LogP contribution >= 0.6 is 0 Å². The number of ether oxygens (including phenoxy) is 3.